The first-order chi connectivity index (χ1) is 14.0. The third-order valence-corrected chi connectivity index (χ3v) is 5.22. The fourth-order valence-corrected chi connectivity index (χ4v) is 3.52. The molecule has 2 aromatic carbocycles. The van der Waals surface area contributed by atoms with Crippen LogP contribution in [0.3, 0.4) is 0 Å². The van der Waals surface area contributed by atoms with E-state index in [1.54, 1.807) is 7.05 Å². The molecule has 0 saturated heterocycles. The molecular weight excluding hydrogens is 370 g/mol. The van der Waals surface area contributed by atoms with Crippen molar-refractivity contribution in [2.75, 3.05) is 25.1 Å². The Balaban J connectivity index is 1.62. The van der Waals surface area contributed by atoms with E-state index in [-0.39, 0.29) is 19.1 Å². The lowest BCUT2D eigenvalue weighted by Crippen LogP contribution is -2.50. The van der Waals surface area contributed by atoms with Crippen molar-refractivity contribution in [1.29, 1.82) is 0 Å². The molecule has 1 atom stereocenters. The Kier molecular flexibility index (Phi) is 4.80. The van der Waals surface area contributed by atoms with Gasteiger partial charge in [0.25, 0.3) is 0 Å². The number of anilines is 1. The van der Waals surface area contributed by atoms with Crippen molar-refractivity contribution in [3.63, 3.8) is 0 Å². The molecule has 29 heavy (non-hydrogen) atoms. The number of para-hydroxylation sites is 1. The molecule has 2 heterocycles. The number of rotatable bonds is 4. The Morgan fingerprint density at radius 2 is 1.83 bits per heavy atom. The van der Waals surface area contributed by atoms with Gasteiger partial charge in [-0.25, -0.2) is 9.59 Å². The lowest BCUT2D eigenvalue weighted by Gasteiger charge is -2.33. The van der Waals surface area contributed by atoms with Crippen LogP contribution in [0.4, 0.5) is 10.5 Å². The van der Waals surface area contributed by atoms with Crippen LogP contribution in [-0.4, -0.2) is 43.0 Å². The fourth-order valence-electron chi connectivity index (χ4n) is 3.52. The summed E-state index contributed by atoms with van der Waals surface area (Å²) in [5.41, 5.74) is 3.42. The van der Waals surface area contributed by atoms with Gasteiger partial charge in [0, 0.05) is 12.7 Å². The van der Waals surface area contributed by atoms with Gasteiger partial charge in [-0.2, -0.15) is 0 Å². The second-order valence-corrected chi connectivity index (χ2v) is 7.10. The van der Waals surface area contributed by atoms with Crippen molar-refractivity contribution in [2.24, 2.45) is 0 Å². The van der Waals surface area contributed by atoms with Gasteiger partial charge in [-0.3, -0.25) is 9.69 Å². The van der Waals surface area contributed by atoms with Crippen LogP contribution < -0.4 is 10.2 Å². The van der Waals surface area contributed by atoms with E-state index >= 15 is 0 Å². The fraction of sp³-hybridized carbons (Fsp3) is 0.227. The summed E-state index contributed by atoms with van der Waals surface area (Å²) in [6, 6.07) is 15.7. The number of cyclic esters (lactones) is 1. The molecule has 2 aliphatic heterocycles. The van der Waals surface area contributed by atoms with Crippen molar-refractivity contribution in [2.45, 2.75) is 13.0 Å². The highest BCUT2D eigenvalue weighted by Gasteiger charge is 2.42. The lowest BCUT2D eigenvalue weighted by atomic mass is 9.95. The SMILES string of the molecule is Cc1ccc(C2NC(=O)N(CC(=O)N(C)c3ccccc3)C3=C2C(=O)OC3)cc1. The number of carbonyl (C=O) groups excluding carboxylic acids is 3. The normalized spacial score (nSPS) is 18.3. The number of likely N-dealkylation sites (N-methyl/N-ethyl adjacent to an activating group) is 1. The van der Waals surface area contributed by atoms with Crippen molar-refractivity contribution >= 4 is 23.6 Å². The van der Waals surface area contributed by atoms with Crippen molar-refractivity contribution in [3.05, 3.63) is 77.0 Å². The first-order valence-electron chi connectivity index (χ1n) is 9.32. The molecule has 0 spiro atoms. The molecule has 0 aromatic heterocycles. The summed E-state index contributed by atoms with van der Waals surface area (Å²) >= 11 is 0. The Labute approximate surface area is 168 Å². The summed E-state index contributed by atoms with van der Waals surface area (Å²) in [4.78, 5) is 40.8. The first kappa shape index (κ1) is 18.7. The molecule has 0 bridgehead atoms. The molecule has 7 heteroatoms. The van der Waals surface area contributed by atoms with Gasteiger partial charge in [0.2, 0.25) is 5.91 Å². The average Bonchev–Trinajstić information content (AvgIpc) is 3.12. The minimum Gasteiger partial charge on any atom is -0.456 e. The predicted molar refractivity (Wildman–Crippen MR) is 107 cm³/mol. The zero-order chi connectivity index (χ0) is 20.5. The van der Waals surface area contributed by atoms with Crippen molar-refractivity contribution < 1.29 is 19.1 Å². The smallest absolute Gasteiger partial charge is 0.338 e. The topological polar surface area (TPSA) is 79.0 Å². The maximum Gasteiger partial charge on any atom is 0.338 e. The number of ether oxygens (including phenoxy) is 1. The number of hydrogen-bond donors (Lipinski definition) is 1. The number of nitrogens with zero attached hydrogens (tertiary/aromatic N) is 2. The van der Waals surface area contributed by atoms with Crippen molar-refractivity contribution in [3.8, 4) is 0 Å². The van der Waals surface area contributed by atoms with Gasteiger partial charge < -0.3 is 15.0 Å². The molecule has 7 nitrogen and oxygen atoms in total. The van der Waals surface area contributed by atoms with Crippen LogP contribution in [0.1, 0.15) is 17.2 Å². The summed E-state index contributed by atoms with van der Waals surface area (Å²) in [5.74, 6) is -0.745. The number of nitrogens with one attached hydrogen (secondary N) is 1. The van der Waals surface area contributed by atoms with E-state index < -0.39 is 18.0 Å². The van der Waals surface area contributed by atoms with Gasteiger partial charge in [-0.05, 0) is 24.6 Å². The minimum absolute atomic E-state index is 0.0215. The molecule has 4 rings (SSSR count). The standard InChI is InChI=1S/C22H21N3O4/c1-14-8-10-15(11-9-14)20-19-17(13-29-21(19)27)25(22(28)23-20)12-18(26)24(2)16-6-4-3-5-7-16/h3-11,20H,12-13H2,1-2H3,(H,23,28). The molecule has 1 unspecified atom stereocenters. The van der Waals surface area contributed by atoms with Gasteiger partial charge in [0.1, 0.15) is 13.2 Å². The van der Waals surface area contributed by atoms with E-state index in [0.29, 0.717) is 11.3 Å². The van der Waals surface area contributed by atoms with Gasteiger partial charge in [0.05, 0.1) is 17.3 Å². The molecule has 2 aromatic rings. The number of benzene rings is 2. The monoisotopic (exact) mass is 391 g/mol. The van der Waals surface area contributed by atoms with Gasteiger partial charge >= 0.3 is 12.0 Å². The Hall–Kier alpha value is -3.61. The number of carbonyl (C=O) groups is 3. The largest absolute Gasteiger partial charge is 0.456 e. The van der Waals surface area contributed by atoms with E-state index in [4.69, 9.17) is 4.74 Å². The van der Waals surface area contributed by atoms with E-state index in [0.717, 1.165) is 16.8 Å². The highest BCUT2D eigenvalue weighted by molar-refractivity contribution is 6.00. The molecule has 148 valence electrons. The van der Waals surface area contributed by atoms with Gasteiger partial charge in [0.15, 0.2) is 0 Å². The van der Waals surface area contributed by atoms with E-state index in [1.807, 2.05) is 61.5 Å². The third kappa shape index (κ3) is 3.47. The minimum atomic E-state index is -0.591. The summed E-state index contributed by atoms with van der Waals surface area (Å²) < 4.78 is 5.21. The zero-order valence-electron chi connectivity index (χ0n) is 16.2. The van der Waals surface area contributed by atoms with Gasteiger partial charge in [-0.1, -0.05) is 48.0 Å². The van der Waals surface area contributed by atoms with Gasteiger partial charge in [-0.15, -0.1) is 0 Å². The predicted octanol–water partition coefficient (Wildman–Crippen LogP) is 2.54. The molecule has 0 fully saturated rings. The zero-order valence-corrected chi connectivity index (χ0v) is 16.2. The Morgan fingerprint density at radius 3 is 2.52 bits per heavy atom. The van der Waals surface area contributed by atoms with Crippen LogP contribution in [0.2, 0.25) is 0 Å². The Bertz CT molecular complexity index is 998. The molecule has 0 aliphatic carbocycles. The lowest BCUT2D eigenvalue weighted by molar-refractivity contribution is -0.136. The molecule has 3 amide bonds. The van der Waals surface area contributed by atoms with E-state index in [9.17, 15) is 14.4 Å². The quantitative estimate of drug-likeness (QED) is 0.813. The number of urea groups is 1. The summed E-state index contributed by atoms with van der Waals surface area (Å²) in [6.07, 6.45) is 0. The average molecular weight is 391 g/mol. The highest BCUT2D eigenvalue weighted by atomic mass is 16.5. The van der Waals surface area contributed by atoms with Crippen LogP contribution in [0.5, 0.6) is 0 Å². The van der Waals surface area contributed by atoms with Crippen LogP contribution in [0.15, 0.2) is 65.9 Å². The first-order valence-corrected chi connectivity index (χ1v) is 9.32. The summed E-state index contributed by atoms with van der Waals surface area (Å²) in [6.45, 7) is 1.76. The van der Waals surface area contributed by atoms with Crippen molar-refractivity contribution in [1.82, 2.24) is 10.2 Å². The van der Waals surface area contributed by atoms with Crippen LogP contribution in [0, 0.1) is 6.92 Å². The maximum absolute atomic E-state index is 12.8. The molecular formula is C22H21N3O4. The number of amides is 3. The number of aryl methyl sites for hydroxylation is 1. The molecule has 2 aliphatic rings. The van der Waals surface area contributed by atoms with Crippen LogP contribution >= 0.6 is 0 Å². The van der Waals surface area contributed by atoms with E-state index in [1.165, 1.54) is 9.80 Å². The summed E-state index contributed by atoms with van der Waals surface area (Å²) in [5, 5.41) is 2.85. The molecule has 1 N–H and O–H groups in total. The number of hydrogen-bond acceptors (Lipinski definition) is 4. The van der Waals surface area contributed by atoms with Crippen LogP contribution in [0.25, 0.3) is 0 Å². The second kappa shape index (κ2) is 7.43. The maximum atomic E-state index is 12.8. The summed E-state index contributed by atoms with van der Waals surface area (Å²) in [7, 11) is 1.65. The second-order valence-electron chi connectivity index (χ2n) is 7.10. The number of esters is 1. The van der Waals surface area contributed by atoms with E-state index in [2.05, 4.69) is 5.32 Å². The Morgan fingerprint density at radius 1 is 1.14 bits per heavy atom. The third-order valence-electron chi connectivity index (χ3n) is 5.22. The highest BCUT2D eigenvalue weighted by Crippen LogP contribution is 2.35. The molecule has 0 saturated carbocycles. The van der Waals surface area contributed by atoms with Crippen LogP contribution in [-0.2, 0) is 14.3 Å². The molecule has 0 radical (unpaired) electrons.